The number of fused-ring (bicyclic) bond motifs is 9. The van der Waals surface area contributed by atoms with Crippen LogP contribution in [0.2, 0.25) is 0 Å². The Morgan fingerprint density at radius 2 is 0.443 bits per heavy atom. The number of thiophene rings is 1. The van der Waals surface area contributed by atoms with Crippen molar-refractivity contribution in [1.82, 2.24) is 0 Å². The fourth-order valence-corrected chi connectivity index (χ4v) is 13.3. The molecular formula is C78H50S. The van der Waals surface area contributed by atoms with Crippen LogP contribution >= 0.6 is 11.3 Å². The van der Waals surface area contributed by atoms with E-state index >= 15 is 0 Å². The molecular weight excluding hydrogens is 969 g/mol. The molecule has 0 saturated carbocycles. The lowest BCUT2D eigenvalue weighted by Gasteiger charge is -2.13. The van der Waals surface area contributed by atoms with Crippen LogP contribution in [0.3, 0.4) is 0 Å². The lowest BCUT2D eigenvalue weighted by molar-refractivity contribution is 1.56. The van der Waals surface area contributed by atoms with Crippen LogP contribution in [0.5, 0.6) is 0 Å². The van der Waals surface area contributed by atoms with Crippen LogP contribution in [-0.2, 0) is 0 Å². The smallest absolute Gasteiger partial charge is 0.0367 e. The molecule has 0 saturated heterocycles. The molecule has 0 bridgehead atoms. The van der Waals surface area contributed by atoms with Crippen molar-refractivity contribution in [3.8, 4) is 100 Å². The molecule has 15 aromatic rings. The van der Waals surface area contributed by atoms with Crippen molar-refractivity contribution >= 4 is 63.8 Å². The summed E-state index contributed by atoms with van der Waals surface area (Å²) < 4.78 is 2.60. The summed E-state index contributed by atoms with van der Waals surface area (Å²) in [7, 11) is 0. The Hall–Kier alpha value is -9.92. The maximum absolute atomic E-state index is 2.40. The van der Waals surface area contributed by atoms with Gasteiger partial charge in [-0.3, -0.25) is 0 Å². The van der Waals surface area contributed by atoms with Gasteiger partial charge in [0.25, 0.3) is 0 Å². The Morgan fingerprint density at radius 3 is 0.873 bits per heavy atom. The molecule has 14 aromatic carbocycles. The van der Waals surface area contributed by atoms with Gasteiger partial charge in [-0.15, -0.1) is 11.3 Å². The van der Waals surface area contributed by atoms with Gasteiger partial charge in [0.2, 0.25) is 0 Å². The van der Waals surface area contributed by atoms with Gasteiger partial charge in [0, 0.05) is 20.2 Å². The lowest BCUT2D eigenvalue weighted by Crippen LogP contribution is -1.87. The summed E-state index contributed by atoms with van der Waals surface area (Å²) in [6.45, 7) is 0. The zero-order valence-corrected chi connectivity index (χ0v) is 44.1. The van der Waals surface area contributed by atoms with Gasteiger partial charge in [-0.1, -0.05) is 243 Å². The Kier molecular flexibility index (Phi) is 11.5. The third-order valence-electron chi connectivity index (χ3n) is 16.0. The first-order chi connectivity index (χ1) is 39.1. The van der Waals surface area contributed by atoms with Crippen molar-refractivity contribution in [1.29, 1.82) is 0 Å². The number of hydrogen-bond donors (Lipinski definition) is 0. The van der Waals surface area contributed by atoms with Gasteiger partial charge in [-0.2, -0.15) is 0 Å². The summed E-state index contributed by atoms with van der Waals surface area (Å²) in [5.74, 6) is 0. The molecule has 1 aromatic heterocycles. The second-order valence-corrected chi connectivity index (χ2v) is 21.9. The van der Waals surface area contributed by atoms with E-state index in [-0.39, 0.29) is 0 Å². The maximum Gasteiger partial charge on any atom is 0.0367 e. The van der Waals surface area contributed by atoms with Gasteiger partial charge < -0.3 is 0 Å². The summed E-state index contributed by atoms with van der Waals surface area (Å²) in [6, 6.07) is 112. The van der Waals surface area contributed by atoms with Crippen molar-refractivity contribution in [2.75, 3.05) is 0 Å². The molecule has 368 valence electrons. The molecule has 0 aliphatic rings. The first kappa shape index (κ1) is 46.4. The predicted octanol–water partition coefficient (Wildman–Crippen LogP) is 22.5. The summed E-state index contributed by atoms with van der Waals surface area (Å²) in [5, 5.41) is 10.4. The molecule has 0 N–H and O–H groups in total. The highest BCUT2D eigenvalue weighted by molar-refractivity contribution is 7.26. The minimum Gasteiger partial charge on any atom is -0.135 e. The molecule has 0 fully saturated rings. The monoisotopic (exact) mass is 1020 g/mol. The lowest BCUT2D eigenvalue weighted by atomic mass is 9.91. The molecule has 79 heavy (non-hydrogen) atoms. The molecule has 1 heteroatoms. The first-order valence-electron chi connectivity index (χ1n) is 27.2. The second-order valence-electron chi connectivity index (χ2n) is 20.8. The van der Waals surface area contributed by atoms with E-state index in [1.54, 1.807) is 0 Å². The Labute approximate surface area is 464 Å². The largest absolute Gasteiger partial charge is 0.135 e. The number of rotatable bonds is 9. The van der Waals surface area contributed by atoms with E-state index in [1.807, 2.05) is 11.3 Å². The highest BCUT2D eigenvalue weighted by Gasteiger charge is 2.17. The van der Waals surface area contributed by atoms with Crippen molar-refractivity contribution in [2.45, 2.75) is 0 Å². The third kappa shape index (κ3) is 8.59. The molecule has 1 heterocycles. The van der Waals surface area contributed by atoms with Crippen LogP contribution in [0.25, 0.3) is 153 Å². The molecule has 0 radical (unpaired) electrons. The summed E-state index contributed by atoms with van der Waals surface area (Å²) >= 11 is 1.89. The molecule has 0 spiro atoms. The molecule has 15 rings (SSSR count). The van der Waals surface area contributed by atoms with E-state index in [1.165, 1.54) is 153 Å². The van der Waals surface area contributed by atoms with E-state index in [0.29, 0.717) is 0 Å². The van der Waals surface area contributed by atoms with Crippen molar-refractivity contribution in [2.24, 2.45) is 0 Å². The fourth-order valence-electron chi connectivity index (χ4n) is 12.1. The van der Waals surface area contributed by atoms with Crippen LogP contribution in [0.1, 0.15) is 0 Å². The summed E-state index contributed by atoms with van der Waals surface area (Å²) in [5.41, 5.74) is 21.7. The van der Waals surface area contributed by atoms with Crippen LogP contribution in [0.4, 0.5) is 0 Å². The fraction of sp³-hybridized carbons (Fsp3) is 0. The molecule has 0 aliphatic carbocycles. The molecule has 0 atom stereocenters. The van der Waals surface area contributed by atoms with E-state index in [2.05, 4.69) is 303 Å². The zero-order chi connectivity index (χ0) is 52.2. The van der Waals surface area contributed by atoms with Crippen molar-refractivity contribution < 1.29 is 0 Å². The minimum absolute atomic E-state index is 1.19. The standard InChI is InChI=1S/C78H50S/c1-3-17-51(18-4-1)65-38-40-73-76(49-65)79-77-50-67(52-19-5-2-6-20-52)48-74(78(73)77)66-32-16-31-63(46-66)61-29-14-27-59(44-61)57-25-12-23-55(42-57)53-21-11-22-54(41-53)56-24-13-26-58(43-56)60-28-15-30-62(45-60)64-37-39-72-70-35-8-7-33-68(70)69-34-9-10-36-71(69)75(72)47-64/h1-50H. The van der Waals surface area contributed by atoms with E-state index in [9.17, 15) is 0 Å². The highest BCUT2D eigenvalue weighted by Crippen LogP contribution is 2.45. The highest BCUT2D eigenvalue weighted by atomic mass is 32.1. The van der Waals surface area contributed by atoms with Crippen LogP contribution in [0, 0.1) is 0 Å². The van der Waals surface area contributed by atoms with Gasteiger partial charge >= 0.3 is 0 Å². The third-order valence-corrected chi connectivity index (χ3v) is 17.1. The zero-order valence-electron chi connectivity index (χ0n) is 43.3. The second kappa shape index (κ2) is 19.6. The van der Waals surface area contributed by atoms with Crippen molar-refractivity contribution in [3.05, 3.63) is 303 Å². The average molecular weight is 1020 g/mol. The molecule has 0 unspecified atom stereocenters. The first-order valence-corrected chi connectivity index (χ1v) is 28.0. The Morgan fingerprint density at radius 1 is 0.152 bits per heavy atom. The normalized spacial score (nSPS) is 11.5. The Bertz CT molecular complexity index is 4790. The maximum atomic E-state index is 2.40. The predicted molar refractivity (Wildman–Crippen MR) is 341 cm³/mol. The average Bonchev–Trinajstić information content (AvgIpc) is 3.99. The Balaban J connectivity index is 0.727. The van der Waals surface area contributed by atoms with Gasteiger partial charge in [0.15, 0.2) is 0 Å². The van der Waals surface area contributed by atoms with Crippen molar-refractivity contribution in [3.63, 3.8) is 0 Å². The number of hydrogen-bond acceptors (Lipinski definition) is 1. The van der Waals surface area contributed by atoms with E-state index in [4.69, 9.17) is 0 Å². The number of benzene rings is 14. The summed E-state index contributed by atoms with van der Waals surface area (Å²) in [4.78, 5) is 0. The molecule has 0 nitrogen and oxygen atoms in total. The van der Waals surface area contributed by atoms with E-state index < -0.39 is 0 Å². The van der Waals surface area contributed by atoms with Crippen LogP contribution in [-0.4, -0.2) is 0 Å². The van der Waals surface area contributed by atoms with Crippen LogP contribution < -0.4 is 0 Å². The quantitative estimate of drug-likeness (QED) is 0.126. The molecule has 0 aliphatic heterocycles. The van der Waals surface area contributed by atoms with Gasteiger partial charge in [-0.25, -0.2) is 0 Å². The topological polar surface area (TPSA) is 0 Å². The molecule has 0 amide bonds. The minimum atomic E-state index is 1.19. The summed E-state index contributed by atoms with van der Waals surface area (Å²) in [6.07, 6.45) is 0. The van der Waals surface area contributed by atoms with Gasteiger partial charge in [-0.05, 0) is 193 Å². The van der Waals surface area contributed by atoms with E-state index in [0.717, 1.165) is 0 Å². The SMILES string of the molecule is c1ccc(-c2ccc3c(c2)sc2cc(-c4ccccc4)cc(-c4cccc(-c5cccc(-c6cccc(-c7cccc(-c8cccc(-c9cccc(-c%10ccc%11c%12ccccc%12c%12ccccc%12c%11c%10)c9)c8)c7)c6)c5)c4)c23)cc1. The van der Waals surface area contributed by atoms with Gasteiger partial charge in [0.05, 0.1) is 0 Å². The van der Waals surface area contributed by atoms with Gasteiger partial charge in [0.1, 0.15) is 0 Å². The van der Waals surface area contributed by atoms with Crippen LogP contribution in [0.15, 0.2) is 303 Å².